The van der Waals surface area contributed by atoms with Crippen LogP contribution in [0.1, 0.15) is 107 Å². The van der Waals surface area contributed by atoms with Crippen molar-refractivity contribution < 1.29 is 6.48 Å². The van der Waals surface area contributed by atoms with Gasteiger partial charge in [-0.2, -0.15) is 0 Å². The zero-order valence-electron chi connectivity index (χ0n) is 39.6. The molecule has 8 aromatic rings. The average molecular weight is 817 g/mol. The Hall–Kier alpha value is -6.26. The largest absolute Gasteiger partial charge is 0.507 e. The monoisotopic (exact) mass is 816 g/mol. The molecule has 2 aromatic heterocycles. The van der Waals surface area contributed by atoms with Crippen LogP contribution in [0.5, 0.6) is 5.75 Å². The molecular formula is C58H61N3O. The Labute approximate surface area is 370 Å². The molecule has 0 unspecified atom stereocenters. The maximum atomic E-state index is 12.5. The second-order valence-electron chi connectivity index (χ2n) is 21.0. The van der Waals surface area contributed by atoms with E-state index in [1.807, 2.05) is 24.3 Å². The molecule has 0 saturated carbocycles. The minimum Gasteiger partial charge on any atom is -0.507 e. The number of phenolic OH excluding ortho intramolecular Hbond substituents is 1. The predicted molar refractivity (Wildman–Crippen MR) is 263 cm³/mol. The fraction of sp³-hybridized carbons (Fsp3) is 0.276. The van der Waals surface area contributed by atoms with Crippen molar-refractivity contribution in [1.29, 1.82) is 0 Å². The van der Waals surface area contributed by atoms with E-state index in [0.717, 1.165) is 78.0 Å². The Morgan fingerprint density at radius 1 is 0.468 bits per heavy atom. The lowest BCUT2D eigenvalue weighted by Gasteiger charge is -2.28. The predicted octanol–water partition coefficient (Wildman–Crippen LogP) is 15.7. The Kier molecular flexibility index (Phi) is 10.3. The van der Waals surface area contributed by atoms with Crippen LogP contribution in [0, 0.1) is 0 Å². The number of phenols is 1. The fourth-order valence-electron chi connectivity index (χ4n) is 8.31. The van der Waals surface area contributed by atoms with Crippen LogP contribution >= 0.6 is 0 Å². The highest BCUT2D eigenvalue weighted by Crippen LogP contribution is 2.46. The van der Waals surface area contributed by atoms with Gasteiger partial charge >= 0.3 is 0 Å². The first-order valence-corrected chi connectivity index (χ1v) is 21.9. The van der Waals surface area contributed by atoms with Crippen molar-refractivity contribution in [1.82, 2.24) is 14.5 Å². The number of fused-ring (bicyclic) bond motifs is 1. The van der Waals surface area contributed by atoms with E-state index in [4.69, 9.17) is 11.3 Å². The molecule has 0 fully saturated rings. The molecule has 314 valence electrons. The summed E-state index contributed by atoms with van der Waals surface area (Å²) < 4.78 is 11.0. The molecule has 0 aliphatic heterocycles. The molecule has 0 amide bonds. The topological polar surface area (TPSA) is 50.9 Å². The van der Waals surface area contributed by atoms with Gasteiger partial charge in [0, 0.05) is 28.4 Å². The van der Waals surface area contributed by atoms with Crippen LogP contribution in [0.4, 0.5) is 0 Å². The molecule has 62 heavy (non-hydrogen) atoms. The van der Waals surface area contributed by atoms with E-state index in [2.05, 4.69) is 203 Å². The van der Waals surface area contributed by atoms with Crippen molar-refractivity contribution in [2.24, 2.45) is 0 Å². The summed E-state index contributed by atoms with van der Waals surface area (Å²) in [6.07, 6.45) is 0.221. The lowest BCUT2D eigenvalue weighted by molar-refractivity contribution is 0.446. The molecule has 6 aromatic carbocycles. The Bertz CT molecular complexity index is 2990. The third kappa shape index (κ3) is 8.23. The lowest BCUT2D eigenvalue weighted by Crippen LogP contribution is -2.17. The number of pyridine rings is 1. The van der Waals surface area contributed by atoms with Crippen LogP contribution in [0.2, 0.25) is 0 Å². The van der Waals surface area contributed by atoms with Gasteiger partial charge in [-0.1, -0.05) is 174 Å². The van der Waals surface area contributed by atoms with E-state index in [1.54, 1.807) is 0 Å². The molecular weight excluding hydrogens is 755 g/mol. The molecule has 0 saturated heterocycles. The van der Waals surface area contributed by atoms with E-state index >= 15 is 0 Å². The quantitative estimate of drug-likeness (QED) is 0.182. The van der Waals surface area contributed by atoms with Gasteiger partial charge in [0.05, 0.1) is 29.3 Å². The second-order valence-corrected chi connectivity index (χ2v) is 21.0. The van der Waals surface area contributed by atoms with Gasteiger partial charge in [-0.05, 0) is 109 Å². The SMILES string of the molecule is [2H]c1cc(-c2ccccc2)cc(-c2cc(-c3cccc4c3nc(-c3cc(C(C)(C)C)cc(C(C)(C)C)c3O)n4-c3ccc(C(C)(C)C)cc3-c3ccccc3)cc(C(C)(C)C)c2)n1. The van der Waals surface area contributed by atoms with E-state index in [9.17, 15) is 5.11 Å². The van der Waals surface area contributed by atoms with Crippen LogP contribution in [-0.2, 0) is 21.7 Å². The molecule has 4 heteroatoms. The van der Waals surface area contributed by atoms with Crippen molar-refractivity contribution in [2.45, 2.75) is 105 Å². The van der Waals surface area contributed by atoms with Crippen LogP contribution < -0.4 is 0 Å². The molecule has 0 atom stereocenters. The van der Waals surface area contributed by atoms with E-state index < -0.39 is 0 Å². The molecule has 0 spiro atoms. The summed E-state index contributed by atoms with van der Waals surface area (Å²) in [5.74, 6) is 0.921. The number of nitrogens with zero attached hydrogens (tertiary/aromatic N) is 3. The Balaban J connectivity index is 1.47. The summed E-state index contributed by atoms with van der Waals surface area (Å²) in [5.41, 5.74) is 14.9. The zero-order chi connectivity index (χ0) is 45.2. The number of aromatic hydroxyl groups is 1. The van der Waals surface area contributed by atoms with E-state index in [1.165, 1.54) is 5.56 Å². The molecule has 0 radical (unpaired) electrons. The summed E-state index contributed by atoms with van der Waals surface area (Å²) in [7, 11) is 0. The highest BCUT2D eigenvalue weighted by molar-refractivity contribution is 5.98. The van der Waals surface area contributed by atoms with Gasteiger partial charge in [0.2, 0.25) is 0 Å². The van der Waals surface area contributed by atoms with Gasteiger partial charge in [0.15, 0.2) is 0 Å². The van der Waals surface area contributed by atoms with Crippen molar-refractivity contribution in [2.75, 3.05) is 0 Å². The Morgan fingerprint density at radius 3 is 1.69 bits per heavy atom. The summed E-state index contributed by atoms with van der Waals surface area (Å²) in [5, 5.41) is 12.5. The minimum absolute atomic E-state index is 0.0814. The normalized spacial score (nSPS) is 12.8. The molecule has 4 nitrogen and oxygen atoms in total. The maximum Gasteiger partial charge on any atom is 0.149 e. The standard InChI is InChI=1S/C58H61N3O/c1-55(2,3)42-26-27-50(46(34-42)38-22-17-14-18-23-38)61-51-25-19-24-45(52(51)60-54(61)47-35-44(57(7,8)9)36-48(53(47)62)58(10,11)12)40-30-41(32-43(31-40)56(4,5)6)49-33-39(28-29-59-49)37-20-15-13-16-21-37/h13-36,62H,1-12H3/i29D. The van der Waals surface area contributed by atoms with Crippen LogP contribution in [0.15, 0.2) is 146 Å². The molecule has 0 aliphatic rings. The number of rotatable bonds is 6. The van der Waals surface area contributed by atoms with Gasteiger partial charge in [0.25, 0.3) is 0 Å². The summed E-state index contributed by atoms with van der Waals surface area (Å²) in [4.78, 5) is 10.5. The van der Waals surface area contributed by atoms with Gasteiger partial charge in [0.1, 0.15) is 11.6 Å². The first kappa shape index (κ1) is 41.1. The molecule has 0 bridgehead atoms. The summed E-state index contributed by atoms with van der Waals surface area (Å²) in [6.45, 7) is 26.6. The van der Waals surface area contributed by atoms with Crippen molar-refractivity contribution >= 4 is 11.0 Å². The molecule has 1 N–H and O–H groups in total. The van der Waals surface area contributed by atoms with Crippen LogP contribution in [-0.4, -0.2) is 19.6 Å². The van der Waals surface area contributed by atoms with Crippen LogP contribution in [0.3, 0.4) is 0 Å². The highest BCUT2D eigenvalue weighted by atomic mass is 16.3. The number of benzene rings is 6. The van der Waals surface area contributed by atoms with E-state index in [0.29, 0.717) is 11.4 Å². The minimum atomic E-state index is -0.333. The lowest BCUT2D eigenvalue weighted by atomic mass is 9.79. The first-order chi connectivity index (χ1) is 29.6. The molecule has 8 rings (SSSR count). The Morgan fingerprint density at radius 2 is 1.06 bits per heavy atom. The van der Waals surface area contributed by atoms with E-state index in [-0.39, 0.29) is 33.6 Å². The maximum absolute atomic E-state index is 12.5. The van der Waals surface area contributed by atoms with Crippen molar-refractivity contribution in [3.63, 3.8) is 0 Å². The number of hydrogen-bond acceptors (Lipinski definition) is 3. The number of aromatic nitrogens is 3. The number of imidazole rings is 1. The molecule has 0 aliphatic carbocycles. The fourth-order valence-corrected chi connectivity index (χ4v) is 8.31. The van der Waals surface area contributed by atoms with Gasteiger partial charge in [-0.3, -0.25) is 9.55 Å². The zero-order valence-corrected chi connectivity index (χ0v) is 38.6. The smallest absolute Gasteiger partial charge is 0.149 e. The number of hydrogen-bond donors (Lipinski definition) is 1. The van der Waals surface area contributed by atoms with Gasteiger partial charge in [-0.15, -0.1) is 0 Å². The second kappa shape index (κ2) is 15.6. The molecule has 2 heterocycles. The average Bonchev–Trinajstić information content (AvgIpc) is 3.61. The van der Waals surface area contributed by atoms with Crippen molar-refractivity contribution in [3.05, 3.63) is 168 Å². The highest BCUT2D eigenvalue weighted by Gasteiger charge is 2.30. The van der Waals surface area contributed by atoms with Gasteiger partial charge < -0.3 is 5.11 Å². The summed E-state index contributed by atoms with van der Waals surface area (Å²) in [6, 6.07) is 49.0. The summed E-state index contributed by atoms with van der Waals surface area (Å²) >= 11 is 0. The van der Waals surface area contributed by atoms with Crippen LogP contribution in [0.25, 0.3) is 72.7 Å². The third-order valence-corrected chi connectivity index (χ3v) is 12.1. The number of para-hydroxylation sites is 1. The first-order valence-electron chi connectivity index (χ1n) is 22.4. The third-order valence-electron chi connectivity index (χ3n) is 12.1. The van der Waals surface area contributed by atoms with Crippen molar-refractivity contribution in [3.8, 4) is 67.5 Å². The van der Waals surface area contributed by atoms with Gasteiger partial charge in [-0.25, -0.2) is 4.98 Å².